The van der Waals surface area contributed by atoms with Gasteiger partial charge in [0.25, 0.3) is 0 Å². The number of benzene rings is 2. The molecule has 2 N–H and O–H groups in total. The van der Waals surface area contributed by atoms with Gasteiger partial charge in [-0.05, 0) is 37.3 Å². The molecular formula is C15H14Cl2N2O3S. The summed E-state index contributed by atoms with van der Waals surface area (Å²) in [6, 6.07) is 10.9. The van der Waals surface area contributed by atoms with Crippen LogP contribution in [0.3, 0.4) is 0 Å². The van der Waals surface area contributed by atoms with Crippen LogP contribution in [0.2, 0.25) is 10.0 Å². The first-order valence-electron chi connectivity index (χ1n) is 6.59. The molecule has 8 heteroatoms. The first kappa shape index (κ1) is 17.7. The second kappa shape index (κ2) is 7.31. The van der Waals surface area contributed by atoms with Gasteiger partial charge < -0.3 is 5.32 Å². The Morgan fingerprint density at radius 1 is 1.09 bits per heavy atom. The van der Waals surface area contributed by atoms with E-state index in [-0.39, 0.29) is 4.90 Å². The maximum absolute atomic E-state index is 12.1. The van der Waals surface area contributed by atoms with E-state index in [0.717, 1.165) is 5.56 Å². The largest absolute Gasteiger partial charge is 0.324 e. The van der Waals surface area contributed by atoms with Gasteiger partial charge in [0.15, 0.2) is 0 Å². The average molecular weight is 373 g/mol. The summed E-state index contributed by atoms with van der Waals surface area (Å²) in [5.74, 6) is -0.551. The van der Waals surface area contributed by atoms with Crippen molar-refractivity contribution >= 4 is 44.8 Å². The van der Waals surface area contributed by atoms with E-state index in [0.29, 0.717) is 15.7 Å². The van der Waals surface area contributed by atoms with Crippen molar-refractivity contribution in [2.45, 2.75) is 11.8 Å². The van der Waals surface area contributed by atoms with E-state index in [1.807, 2.05) is 6.92 Å². The second-order valence-electron chi connectivity index (χ2n) is 4.81. The molecule has 0 bridgehead atoms. The van der Waals surface area contributed by atoms with Gasteiger partial charge in [-0.1, -0.05) is 40.9 Å². The van der Waals surface area contributed by atoms with Gasteiger partial charge in [0.05, 0.1) is 22.2 Å². The summed E-state index contributed by atoms with van der Waals surface area (Å²) in [5, 5.41) is 3.22. The Hall–Kier alpha value is -1.60. The number of rotatable bonds is 5. The van der Waals surface area contributed by atoms with Crippen LogP contribution in [0.15, 0.2) is 47.4 Å². The molecule has 5 nitrogen and oxygen atoms in total. The molecule has 0 aliphatic rings. The monoisotopic (exact) mass is 372 g/mol. The molecule has 0 aliphatic carbocycles. The van der Waals surface area contributed by atoms with Crippen LogP contribution in [-0.2, 0) is 14.8 Å². The van der Waals surface area contributed by atoms with Crippen LogP contribution < -0.4 is 10.0 Å². The zero-order valence-electron chi connectivity index (χ0n) is 12.1. The predicted octanol–water partition coefficient (Wildman–Crippen LogP) is 3.22. The van der Waals surface area contributed by atoms with Gasteiger partial charge in [-0.2, -0.15) is 0 Å². The predicted molar refractivity (Wildman–Crippen MR) is 91.5 cm³/mol. The number of aryl methyl sites for hydroxylation is 1. The minimum absolute atomic E-state index is 0.0942. The fourth-order valence-corrected chi connectivity index (χ4v) is 3.07. The van der Waals surface area contributed by atoms with Crippen LogP contribution in [0.4, 0.5) is 5.69 Å². The number of amides is 1. The first-order valence-corrected chi connectivity index (χ1v) is 8.83. The smallest absolute Gasteiger partial charge is 0.241 e. The van der Waals surface area contributed by atoms with Crippen LogP contribution in [0.5, 0.6) is 0 Å². The molecule has 0 saturated carbocycles. The molecule has 0 heterocycles. The van der Waals surface area contributed by atoms with Crippen molar-refractivity contribution in [1.29, 1.82) is 0 Å². The Balaban J connectivity index is 2.01. The molecule has 0 saturated heterocycles. The molecule has 0 unspecified atom stereocenters. The summed E-state index contributed by atoms with van der Waals surface area (Å²) in [7, 11) is -3.75. The van der Waals surface area contributed by atoms with Crippen LogP contribution >= 0.6 is 23.2 Å². The normalized spacial score (nSPS) is 11.3. The first-order chi connectivity index (χ1) is 10.8. The lowest BCUT2D eigenvalue weighted by Gasteiger charge is -2.09. The molecule has 2 rings (SSSR count). The molecule has 23 heavy (non-hydrogen) atoms. The Kier molecular flexibility index (Phi) is 5.64. The highest BCUT2D eigenvalue weighted by Crippen LogP contribution is 2.25. The zero-order valence-corrected chi connectivity index (χ0v) is 14.5. The third-order valence-electron chi connectivity index (χ3n) is 2.96. The fraction of sp³-hybridized carbons (Fsp3) is 0.133. The lowest BCUT2D eigenvalue weighted by Crippen LogP contribution is -2.32. The highest BCUT2D eigenvalue weighted by atomic mass is 35.5. The number of hydrogen-bond acceptors (Lipinski definition) is 3. The quantitative estimate of drug-likeness (QED) is 0.845. The van der Waals surface area contributed by atoms with Crippen molar-refractivity contribution in [3.05, 3.63) is 58.1 Å². The molecular weight excluding hydrogens is 359 g/mol. The standard InChI is InChI=1S/C15H14Cl2N2O3S/c1-10-2-5-12(6-3-10)23(21,22)18-9-15(20)19-14-8-11(16)4-7-13(14)17/h2-8,18H,9H2,1H3,(H,19,20). The Morgan fingerprint density at radius 2 is 1.74 bits per heavy atom. The zero-order chi connectivity index (χ0) is 17.0. The molecule has 2 aromatic rings. The molecule has 0 fully saturated rings. The summed E-state index contributed by atoms with van der Waals surface area (Å²) in [6.45, 7) is 1.44. The van der Waals surface area contributed by atoms with Crippen LogP contribution in [-0.4, -0.2) is 20.9 Å². The molecule has 122 valence electrons. The van der Waals surface area contributed by atoms with E-state index in [1.54, 1.807) is 18.2 Å². The molecule has 1 amide bonds. The summed E-state index contributed by atoms with van der Waals surface area (Å²) in [6.07, 6.45) is 0. The third-order valence-corrected chi connectivity index (χ3v) is 4.94. The van der Waals surface area contributed by atoms with E-state index in [2.05, 4.69) is 10.0 Å². The van der Waals surface area contributed by atoms with Crippen LogP contribution in [0.1, 0.15) is 5.56 Å². The van der Waals surface area contributed by atoms with Gasteiger partial charge in [0.2, 0.25) is 15.9 Å². The van der Waals surface area contributed by atoms with Crippen molar-refractivity contribution in [3.8, 4) is 0 Å². The maximum atomic E-state index is 12.1. The van der Waals surface area contributed by atoms with Crippen LogP contribution in [0.25, 0.3) is 0 Å². The van der Waals surface area contributed by atoms with Crippen molar-refractivity contribution in [1.82, 2.24) is 4.72 Å². The van der Waals surface area contributed by atoms with E-state index >= 15 is 0 Å². The minimum atomic E-state index is -3.75. The number of nitrogens with one attached hydrogen (secondary N) is 2. The lowest BCUT2D eigenvalue weighted by molar-refractivity contribution is -0.115. The summed E-state index contributed by atoms with van der Waals surface area (Å²) in [4.78, 5) is 12.0. The van der Waals surface area contributed by atoms with Gasteiger partial charge in [0.1, 0.15) is 0 Å². The van der Waals surface area contributed by atoms with Gasteiger partial charge in [-0.15, -0.1) is 0 Å². The van der Waals surface area contributed by atoms with Gasteiger partial charge in [-0.25, -0.2) is 13.1 Å². The highest BCUT2D eigenvalue weighted by Gasteiger charge is 2.15. The number of carbonyl (C=O) groups is 1. The molecule has 0 spiro atoms. The number of hydrogen-bond donors (Lipinski definition) is 2. The molecule has 0 aromatic heterocycles. The van der Waals surface area contributed by atoms with Gasteiger partial charge in [0, 0.05) is 5.02 Å². The average Bonchev–Trinajstić information content (AvgIpc) is 2.49. The SMILES string of the molecule is Cc1ccc(S(=O)(=O)NCC(=O)Nc2cc(Cl)ccc2Cl)cc1. The fourth-order valence-electron chi connectivity index (χ4n) is 1.75. The Labute approximate surface area is 144 Å². The number of halogens is 2. The number of carbonyl (C=O) groups excluding carboxylic acids is 1. The van der Waals surface area contributed by atoms with E-state index < -0.39 is 22.5 Å². The minimum Gasteiger partial charge on any atom is -0.324 e. The van der Waals surface area contributed by atoms with Crippen LogP contribution in [0, 0.1) is 6.92 Å². The van der Waals surface area contributed by atoms with Gasteiger partial charge >= 0.3 is 0 Å². The van der Waals surface area contributed by atoms with Crippen molar-refractivity contribution in [3.63, 3.8) is 0 Å². The van der Waals surface area contributed by atoms with E-state index in [4.69, 9.17) is 23.2 Å². The Morgan fingerprint density at radius 3 is 2.39 bits per heavy atom. The third kappa shape index (κ3) is 4.94. The number of sulfonamides is 1. The summed E-state index contributed by atoms with van der Waals surface area (Å²) >= 11 is 11.8. The lowest BCUT2D eigenvalue weighted by atomic mass is 10.2. The second-order valence-corrected chi connectivity index (χ2v) is 7.42. The molecule has 2 aromatic carbocycles. The summed E-state index contributed by atoms with van der Waals surface area (Å²) < 4.78 is 26.4. The van der Waals surface area contributed by atoms with Crippen molar-refractivity contribution in [2.75, 3.05) is 11.9 Å². The highest BCUT2D eigenvalue weighted by molar-refractivity contribution is 7.89. The van der Waals surface area contributed by atoms with Crippen molar-refractivity contribution < 1.29 is 13.2 Å². The molecule has 0 radical (unpaired) electrons. The maximum Gasteiger partial charge on any atom is 0.241 e. The Bertz CT molecular complexity index is 821. The van der Waals surface area contributed by atoms with Crippen molar-refractivity contribution in [2.24, 2.45) is 0 Å². The van der Waals surface area contributed by atoms with E-state index in [9.17, 15) is 13.2 Å². The molecule has 0 aliphatic heterocycles. The summed E-state index contributed by atoms with van der Waals surface area (Å²) in [5.41, 5.74) is 1.26. The van der Waals surface area contributed by atoms with Gasteiger partial charge in [-0.3, -0.25) is 4.79 Å². The molecule has 0 atom stereocenters. The topological polar surface area (TPSA) is 75.3 Å². The number of anilines is 1. The van der Waals surface area contributed by atoms with E-state index in [1.165, 1.54) is 24.3 Å².